The van der Waals surface area contributed by atoms with Gasteiger partial charge in [-0.05, 0) is 30.7 Å². The van der Waals surface area contributed by atoms with E-state index >= 15 is 0 Å². The van der Waals surface area contributed by atoms with Gasteiger partial charge in [0.25, 0.3) is 0 Å². The van der Waals surface area contributed by atoms with Crippen LogP contribution in [0, 0.1) is 0 Å². The van der Waals surface area contributed by atoms with Gasteiger partial charge in [-0.3, -0.25) is 9.59 Å². The van der Waals surface area contributed by atoms with Gasteiger partial charge in [0.2, 0.25) is 11.8 Å². The molecule has 0 unspecified atom stereocenters. The molecule has 2 N–H and O–H groups in total. The third-order valence-electron chi connectivity index (χ3n) is 3.90. The standard InChI is InChI=1S/C18H26N2O3S/c1-2-3-4-5-11-23-15-8-6-14(7-9-15)20-17(21)13-16(18(20)22)24-12-10-19/h6-9,16H,2-5,10-13,19H2,1H3/t16-/m1/s1. The highest BCUT2D eigenvalue weighted by atomic mass is 32.2. The molecule has 1 saturated heterocycles. The van der Waals surface area contributed by atoms with E-state index in [0.717, 1.165) is 12.2 Å². The number of nitrogens with two attached hydrogens (primary N) is 1. The Bertz CT molecular complexity index is 548. The first-order valence-corrected chi connectivity index (χ1v) is 9.63. The Kier molecular flexibility index (Phi) is 7.59. The summed E-state index contributed by atoms with van der Waals surface area (Å²) in [5.74, 6) is 1.15. The van der Waals surface area contributed by atoms with Crippen molar-refractivity contribution >= 4 is 29.3 Å². The molecule has 2 amide bonds. The second-order valence-electron chi connectivity index (χ2n) is 5.82. The van der Waals surface area contributed by atoms with E-state index < -0.39 is 0 Å². The Morgan fingerprint density at radius 3 is 2.62 bits per heavy atom. The molecule has 1 atom stereocenters. The third kappa shape index (κ3) is 4.98. The van der Waals surface area contributed by atoms with Crippen molar-refractivity contribution in [1.29, 1.82) is 0 Å². The molecule has 1 heterocycles. The van der Waals surface area contributed by atoms with E-state index in [-0.39, 0.29) is 23.5 Å². The van der Waals surface area contributed by atoms with Crippen LogP contribution < -0.4 is 15.4 Å². The van der Waals surface area contributed by atoms with E-state index in [1.54, 1.807) is 12.1 Å². The van der Waals surface area contributed by atoms with Crippen LogP contribution in [-0.2, 0) is 9.59 Å². The summed E-state index contributed by atoms with van der Waals surface area (Å²) in [6, 6.07) is 7.17. The Labute approximate surface area is 147 Å². The Hall–Kier alpha value is -1.53. The van der Waals surface area contributed by atoms with Crippen LogP contribution in [0.3, 0.4) is 0 Å². The summed E-state index contributed by atoms with van der Waals surface area (Å²) in [4.78, 5) is 25.8. The lowest BCUT2D eigenvalue weighted by molar-refractivity contribution is -0.121. The van der Waals surface area contributed by atoms with Gasteiger partial charge < -0.3 is 10.5 Å². The lowest BCUT2D eigenvalue weighted by Crippen LogP contribution is -2.31. The maximum absolute atomic E-state index is 12.4. The average molecular weight is 350 g/mol. The molecule has 5 nitrogen and oxygen atoms in total. The number of anilines is 1. The van der Waals surface area contributed by atoms with Crippen molar-refractivity contribution in [2.75, 3.05) is 23.8 Å². The molecule has 0 bridgehead atoms. The Balaban J connectivity index is 1.90. The average Bonchev–Trinajstić information content (AvgIpc) is 2.87. The van der Waals surface area contributed by atoms with Crippen LogP contribution in [0.15, 0.2) is 24.3 Å². The molecule has 6 heteroatoms. The number of hydrogen-bond acceptors (Lipinski definition) is 5. The molecular weight excluding hydrogens is 324 g/mol. The number of carbonyl (C=O) groups excluding carboxylic acids is 2. The van der Waals surface area contributed by atoms with Gasteiger partial charge in [0.05, 0.1) is 17.5 Å². The number of carbonyl (C=O) groups is 2. The summed E-state index contributed by atoms with van der Waals surface area (Å²) in [6.45, 7) is 3.38. The minimum absolute atomic E-state index is 0.147. The molecule has 2 rings (SSSR count). The van der Waals surface area contributed by atoms with Gasteiger partial charge in [-0.2, -0.15) is 0 Å². The highest BCUT2D eigenvalue weighted by Gasteiger charge is 2.39. The molecule has 0 radical (unpaired) electrons. The molecule has 24 heavy (non-hydrogen) atoms. The van der Waals surface area contributed by atoms with Gasteiger partial charge in [0.15, 0.2) is 0 Å². The monoisotopic (exact) mass is 350 g/mol. The molecule has 0 spiro atoms. The molecule has 1 aromatic carbocycles. The number of thioether (sulfide) groups is 1. The van der Waals surface area contributed by atoms with Gasteiger partial charge in [0.1, 0.15) is 5.75 Å². The fourth-order valence-electron chi connectivity index (χ4n) is 2.63. The number of ether oxygens (including phenoxy) is 1. The van der Waals surface area contributed by atoms with Gasteiger partial charge in [-0.25, -0.2) is 4.90 Å². The molecule has 1 aliphatic rings. The zero-order chi connectivity index (χ0) is 17.4. The molecule has 132 valence electrons. The van der Waals surface area contributed by atoms with Crippen LogP contribution in [-0.4, -0.2) is 36.0 Å². The van der Waals surface area contributed by atoms with Crippen molar-refractivity contribution in [1.82, 2.24) is 0 Å². The van der Waals surface area contributed by atoms with Crippen molar-refractivity contribution in [3.8, 4) is 5.75 Å². The van der Waals surface area contributed by atoms with Crippen LogP contribution >= 0.6 is 11.8 Å². The normalized spacial score (nSPS) is 17.6. The van der Waals surface area contributed by atoms with Crippen molar-refractivity contribution in [3.05, 3.63) is 24.3 Å². The smallest absolute Gasteiger partial charge is 0.247 e. The zero-order valence-corrected chi connectivity index (χ0v) is 15.0. The number of rotatable bonds is 10. The van der Waals surface area contributed by atoms with E-state index in [2.05, 4.69) is 6.92 Å². The van der Waals surface area contributed by atoms with Crippen molar-refractivity contribution in [2.45, 2.75) is 44.3 Å². The highest BCUT2D eigenvalue weighted by Crippen LogP contribution is 2.30. The number of benzene rings is 1. The summed E-state index contributed by atoms with van der Waals surface area (Å²) in [5, 5.41) is -0.310. The predicted octanol–water partition coefficient (Wildman–Crippen LogP) is 2.97. The molecule has 0 aromatic heterocycles. The minimum atomic E-state index is -0.310. The fraction of sp³-hybridized carbons (Fsp3) is 0.556. The van der Waals surface area contributed by atoms with Gasteiger partial charge in [-0.15, -0.1) is 11.8 Å². The van der Waals surface area contributed by atoms with E-state index in [4.69, 9.17) is 10.5 Å². The Morgan fingerprint density at radius 2 is 1.96 bits per heavy atom. The van der Waals surface area contributed by atoms with E-state index in [1.807, 2.05) is 12.1 Å². The van der Waals surface area contributed by atoms with Crippen LogP contribution in [0.2, 0.25) is 0 Å². The summed E-state index contributed by atoms with van der Waals surface area (Å²) in [6.07, 6.45) is 4.90. The molecule has 0 aliphatic carbocycles. The largest absolute Gasteiger partial charge is 0.494 e. The summed E-state index contributed by atoms with van der Waals surface area (Å²) < 4.78 is 5.69. The lowest BCUT2D eigenvalue weighted by Gasteiger charge is -2.15. The fourth-order valence-corrected chi connectivity index (χ4v) is 3.56. The maximum atomic E-state index is 12.4. The van der Waals surface area contributed by atoms with Gasteiger partial charge >= 0.3 is 0 Å². The quantitative estimate of drug-likeness (QED) is 0.519. The topological polar surface area (TPSA) is 72.6 Å². The second kappa shape index (κ2) is 9.69. The molecular formula is C18H26N2O3S. The van der Waals surface area contributed by atoms with E-state index in [0.29, 0.717) is 24.6 Å². The number of imide groups is 1. The van der Waals surface area contributed by atoms with Gasteiger partial charge in [0, 0.05) is 18.7 Å². The number of hydrogen-bond donors (Lipinski definition) is 1. The first kappa shape index (κ1) is 18.8. The van der Waals surface area contributed by atoms with Gasteiger partial charge in [-0.1, -0.05) is 26.2 Å². The van der Waals surface area contributed by atoms with Crippen molar-refractivity contribution < 1.29 is 14.3 Å². The summed E-state index contributed by atoms with van der Waals surface area (Å²) >= 11 is 1.45. The molecule has 1 fully saturated rings. The first-order valence-electron chi connectivity index (χ1n) is 8.58. The zero-order valence-electron chi connectivity index (χ0n) is 14.2. The SMILES string of the molecule is CCCCCCOc1ccc(N2C(=O)C[C@@H](SCCN)C2=O)cc1. The van der Waals surface area contributed by atoms with Crippen LogP contribution in [0.5, 0.6) is 5.75 Å². The number of unbranched alkanes of at least 4 members (excludes halogenated alkanes) is 3. The van der Waals surface area contributed by atoms with Crippen molar-refractivity contribution in [3.63, 3.8) is 0 Å². The first-order chi connectivity index (χ1) is 11.7. The predicted molar refractivity (Wildman–Crippen MR) is 98.5 cm³/mol. The molecule has 0 saturated carbocycles. The third-order valence-corrected chi connectivity index (χ3v) is 5.15. The minimum Gasteiger partial charge on any atom is -0.494 e. The Morgan fingerprint density at radius 1 is 1.21 bits per heavy atom. The van der Waals surface area contributed by atoms with Crippen LogP contribution in [0.4, 0.5) is 5.69 Å². The summed E-state index contributed by atoms with van der Waals surface area (Å²) in [5.41, 5.74) is 6.08. The number of nitrogens with zero attached hydrogens (tertiary/aromatic N) is 1. The number of amides is 2. The highest BCUT2D eigenvalue weighted by molar-refractivity contribution is 8.00. The van der Waals surface area contributed by atoms with Crippen LogP contribution in [0.1, 0.15) is 39.0 Å². The van der Waals surface area contributed by atoms with Crippen molar-refractivity contribution in [2.24, 2.45) is 5.73 Å². The maximum Gasteiger partial charge on any atom is 0.247 e. The molecule has 1 aliphatic heterocycles. The molecule has 1 aromatic rings. The van der Waals surface area contributed by atoms with Crippen LogP contribution in [0.25, 0.3) is 0 Å². The summed E-state index contributed by atoms with van der Waals surface area (Å²) in [7, 11) is 0. The van der Waals surface area contributed by atoms with E-state index in [1.165, 1.54) is 35.9 Å². The van der Waals surface area contributed by atoms with E-state index in [9.17, 15) is 9.59 Å². The second-order valence-corrected chi connectivity index (χ2v) is 7.13. The lowest BCUT2D eigenvalue weighted by atomic mass is 10.2.